The van der Waals surface area contributed by atoms with E-state index in [4.69, 9.17) is 15.2 Å². The number of benzene rings is 3. The van der Waals surface area contributed by atoms with Crippen LogP contribution >= 0.6 is 0 Å². The van der Waals surface area contributed by atoms with E-state index in [1.165, 1.54) is 5.56 Å². The third-order valence-electron chi connectivity index (χ3n) is 5.84. The second-order valence-corrected chi connectivity index (χ2v) is 9.86. The van der Waals surface area contributed by atoms with Gasteiger partial charge in [0.25, 0.3) is 0 Å². The van der Waals surface area contributed by atoms with Crippen molar-refractivity contribution in [2.75, 3.05) is 13.2 Å². The summed E-state index contributed by atoms with van der Waals surface area (Å²) in [5, 5.41) is -0.304. The first kappa shape index (κ1) is 24.0. The zero-order valence-corrected chi connectivity index (χ0v) is 20.3. The first-order valence-corrected chi connectivity index (χ1v) is 12.6. The largest absolute Gasteiger partial charge is 0.494 e. The molecule has 1 amide bonds. The van der Waals surface area contributed by atoms with Crippen LogP contribution in [0.15, 0.2) is 60.7 Å². The number of carbonyl (C=O) groups excluding carboxylic acids is 1. The van der Waals surface area contributed by atoms with Gasteiger partial charge in [-0.15, -0.1) is 0 Å². The Morgan fingerprint density at radius 2 is 1.74 bits per heavy atom. The molecule has 1 aliphatic heterocycles. The summed E-state index contributed by atoms with van der Waals surface area (Å²) in [6, 6.07) is 20.0. The molecule has 2 atom stereocenters. The number of nitrogens with one attached hydrogen (secondary N) is 1. The van der Waals surface area contributed by atoms with Crippen molar-refractivity contribution in [1.29, 1.82) is 0 Å². The van der Waals surface area contributed by atoms with Gasteiger partial charge in [-0.1, -0.05) is 30.3 Å². The summed E-state index contributed by atoms with van der Waals surface area (Å²) in [5.41, 5.74) is 12.1. The number of hydrogen-bond acceptors (Lipinski definition) is 5. The average Bonchev–Trinajstić information content (AvgIpc) is 3.16. The van der Waals surface area contributed by atoms with Gasteiger partial charge in [0.05, 0.1) is 11.9 Å². The van der Waals surface area contributed by atoms with Gasteiger partial charge in [-0.3, -0.25) is 9.52 Å². The van der Waals surface area contributed by atoms with Crippen molar-refractivity contribution >= 4 is 16.9 Å². The molecular weight excluding hydrogens is 448 g/mol. The normalized spacial score (nSPS) is 17.4. The van der Waals surface area contributed by atoms with Crippen LogP contribution in [0, 0.1) is 13.8 Å². The molecule has 0 aliphatic carbocycles. The van der Waals surface area contributed by atoms with Crippen LogP contribution < -0.4 is 19.9 Å². The van der Waals surface area contributed by atoms with E-state index < -0.39 is 11.0 Å². The Bertz CT molecular complexity index is 1170. The van der Waals surface area contributed by atoms with Crippen molar-refractivity contribution < 1.29 is 18.5 Å². The Kier molecular flexibility index (Phi) is 7.65. The lowest BCUT2D eigenvalue weighted by atomic mass is 9.94. The highest BCUT2D eigenvalue weighted by Gasteiger charge is 2.30. The number of hydrogen-bond donors (Lipinski definition) is 2. The summed E-state index contributed by atoms with van der Waals surface area (Å²) in [6.07, 6.45) is 1.08. The lowest BCUT2D eigenvalue weighted by Gasteiger charge is -2.15. The summed E-state index contributed by atoms with van der Waals surface area (Å²) in [5.74, 6) is 1.42. The molecular formula is C27H30N2O4S. The van der Waals surface area contributed by atoms with Crippen LogP contribution in [0.25, 0.3) is 11.1 Å². The maximum absolute atomic E-state index is 12.0. The number of carbonyl (C=O) groups is 1. The highest BCUT2D eigenvalue weighted by molar-refractivity contribution is 7.84. The second-order valence-electron chi connectivity index (χ2n) is 8.50. The molecule has 0 radical (unpaired) electrons. The minimum Gasteiger partial charge on any atom is -0.494 e. The van der Waals surface area contributed by atoms with Crippen molar-refractivity contribution in [1.82, 2.24) is 4.72 Å². The molecule has 178 valence electrons. The van der Waals surface area contributed by atoms with Crippen LogP contribution in [0.2, 0.25) is 0 Å². The number of aryl methyl sites for hydroxylation is 2. The summed E-state index contributed by atoms with van der Waals surface area (Å²) in [7, 11) is -1.36. The van der Waals surface area contributed by atoms with Crippen LogP contribution in [-0.2, 0) is 22.4 Å². The predicted octanol–water partition coefficient (Wildman–Crippen LogP) is 4.50. The molecule has 0 saturated carbocycles. The highest BCUT2D eigenvalue weighted by atomic mass is 32.2. The monoisotopic (exact) mass is 478 g/mol. The molecule has 6 nitrogen and oxygen atoms in total. The molecule has 1 heterocycles. The van der Waals surface area contributed by atoms with Crippen molar-refractivity contribution in [3.05, 3.63) is 82.9 Å². The Morgan fingerprint density at radius 3 is 2.38 bits per heavy atom. The topological polar surface area (TPSA) is 90.7 Å². The summed E-state index contributed by atoms with van der Waals surface area (Å²) < 4.78 is 26.3. The minimum atomic E-state index is -1.36. The van der Waals surface area contributed by atoms with Crippen molar-refractivity contribution in [3.8, 4) is 22.6 Å². The Hall–Kier alpha value is -3.16. The van der Waals surface area contributed by atoms with E-state index in [0.717, 1.165) is 45.7 Å². The lowest BCUT2D eigenvalue weighted by molar-refractivity contribution is -0.118. The zero-order chi connectivity index (χ0) is 24.1. The minimum absolute atomic E-state index is 0.178. The second kappa shape index (κ2) is 10.8. The first-order chi connectivity index (χ1) is 16.4. The molecule has 3 N–H and O–H groups in total. The fraction of sp³-hybridized carbons (Fsp3) is 0.296. The van der Waals surface area contributed by atoms with Crippen molar-refractivity contribution in [2.24, 2.45) is 5.73 Å². The van der Waals surface area contributed by atoms with Gasteiger partial charge in [0.15, 0.2) is 0 Å². The van der Waals surface area contributed by atoms with Gasteiger partial charge in [-0.25, -0.2) is 4.21 Å². The molecule has 2 unspecified atom stereocenters. The maximum atomic E-state index is 12.0. The molecule has 7 heteroatoms. The number of ether oxygens (including phenoxy) is 2. The molecule has 0 bridgehead atoms. The Morgan fingerprint density at radius 1 is 1.00 bits per heavy atom. The average molecular weight is 479 g/mol. The van der Waals surface area contributed by atoms with Crippen LogP contribution in [0.3, 0.4) is 0 Å². The number of nitrogens with two attached hydrogens (primary N) is 1. The standard InChI is InChI=1S/C27H30N2O4S/c1-18-13-24(32-12-4-11-28)14-19(2)27(18)22-6-3-5-20(15-22)17-33-23-9-7-21(8-10-23)25-16-26(30)29-34(25)31/h3,5-10,13-15,25H,4,11-12,16-17,28H2,1-2H3,(H,29,30). The van der Waals surface area contributed by atoms with Gasteiger partial charge < -0.3 is 15.2 Å². The molecule has 1 aliphatic rings. The zero-order valence-electron chi connectivity index (χ0n) is 19.5. The van der Waals surface area contributed by atoms with Gasteiger partial charge in [0.1, 0.15) is 29.1 Å². The van der Waals surface area contributed by atoms with Gasteiger partial charge >= 0.3 is 0 Å². The molecule has 4 rings (SSSR count). The van der Waals surface area contributed by atoms with Crippen LogP contribution in [-0.4, -0.2) is 23.3 Å². The Labute approximate surface area is 203 Å². The molecule has 0 aromatic heterocycles. The molecule has 1 saturated heterocycles. The van der Waals surface area contributed by atoms with Gasteiger partial charge in [0, 0.05) is 6.42 Å². The van der Waals surface area contributed by atoms with E-state index >= 15 is 0 Å². The molecule has 34 heavy (non-hydrogen) atoms. The van der Waals surface area contributed by atoms with Crippen LogP contribution in [0.1, 0.15) is 40.3 Å². The van der Waals surface area contributed by atoms with E-state index in [1.807, 2.05) is 36.4 Å². The summed E-state index contributed by atoms with van der Waals surface area (Å²) >= 11 is 0. The van der Waals surface area contributed by atoms with E-state index in [9.17, 15) is 9.00 Å². The van der Waals surface area contributed by atoms with Gasteiger partial charge in [-0.05, 0) is 90.5 Å². The fourth-order valence-electron chi connectivity index (χ4n) is 4.21. The van der Waals surface area contributed by atoms with Crippen molar-refractivity contribution in [2.45, 2.75) is 38.5 Å². The summed E-state index contributed by atoms with van der Waals surface area (Å²) in [4.78, 5) is 11.5. The number of amides is 1. The van der Waals surface area contributed by atoms with Gasteiger partial charge in [0.2, 0.25) is 5.91 Å². The Balaban J connectivity index is 1.43. The molecule has 0 spiro atoms. The molecule has 3 aromatic rings. The SMILES string of the molecule is Cc1cc(OCCCN)cc(C)c1-c1cccc(COc2ccc(C3CC(=O)NS3=O)cc2)c1. The quantitative estimate of drug-likeness (QED) is 0.442. The summed E-state index contributed by atoms with van der Waals surface area (Å²) in [6.45, 7) is 5.87. The van der Waals surface area contributed by atoms with E-state index in [-0.39, 0.29) is 17.6 Å². The molecule has 3 aromatic carbocycles. The van der Waals surface area contributed by atoms with Crippen LogP contribution in [0.4, 0.5) is 0 Å². The van der Waals surface area contributed by atoms with Crippen LogP contribution in [0.5, 0.6) is 11.5 Å². The maximum Gasteiger partial charge on any atom is 0.233 e. The third-order valence-corrected chi connectivity index (χ3v) is 7.22. The van der Waals surface area contributed by atoms with Gasteiger partial charge in [-0.2, -0.15) is 0 Å². The van der Waals surface area contributed by atoms with Crippen molar-refractivity contribution in [3.63, 3.8) is 0 Å². The fourth-order valence-corrected chi connectivity index (χ4v) is 5.37. The number of rotatable bonds is 9. The van der Waals surface area contributed by atoms with E-state index in [1.54, 1.807) is 0 Å². The van der Waals surface area contributed by atoms with E-state index in [2.05, 4.69) is 42.8 Å². The first-order valence-electron chi connectivity index (χ1n) is 11.4. The highest BCUT2D eigenvalue weighted by Crippen LogP contribution is 2.32. The predicted molar refractivity (Wildman–Crippen MR) is 135 cm³/mol. The smallest absolute Gasteiger partial charge is 0.233 e. The molecule has 1 fully saturated rings. The van der Waals surface area contributed by atoms with E-state index in [0.29, 0.717) is 19.8 Å². The third kappa shape index (κ3) is 5.66. The lowest BCUT2D eigenvalue weighted by Crippen LogP contribution is -2.15.